The first-order chi connectivity index (χ1) is 17.8. The van der Waals surface area contributed by atoms with Crippen molar-refractivity contribution in [2.75, 3.05) is 23.8 Å². The van der Waals surface area contributed by atoms with Gasteiger partial charge in [0.1, 0.15) is 17.6 Å². The Labute approximate surface area is 213 Å². The number of pyridine rings is 1. The number of hydrogen-bond acceptors (Lipinski definition) is 7. The predicted octanol–water partition coefficient (Wildman–Crippen LogP) is 5.23. The molecule has 0 unspecified atom stereocenters. The van der Waals surface area contributed by atoms with Gasteiger partial charge < -0.3 is 15.4 Å². The van der Waals surface area contributed by atoms with Gasteiger partial charge in [-0.1, -0.05) is 28.9 Å². The van der Waals surface area contributed by atoms with Gasteiger partial charge in [0.25, 0.3) is 0 Å². The van der Waals surface area contributed by atoms with Crippen LogP contribution in [0.15, 0.2) is 48.8 Å². The van der Waals surface area contributed by atoms with E-state index in [1.807, 2.05) is 6.92 Å². The van der Waals surface area contributed by atoms with Crippen LogP contribution in [0.1, 0.15) is 50.0 Å². The van der Waals surface area contributed by atoms with Crippen LogP contribution in [0.3, 0.4) is 0 Å². The largest absolute Gasteiger partial charge is 0.376 e. The third-order valence-electron chi connectivity index (χ3n) is 6.40. The number of anilines is 2. The van der Waals surface area contributed by atoms with Crippen molar-refractivity contribution in [2.45, 2.75) is 37.4 Å². The highest BCUT2D eigenvalue weighted by Crippen LogP contribution is 2.38. The van der Waals surface area contributed by atoms with E-state index in [1.165, 1.54) is 18.3 Å². The number of hydrogen-bond donors (Lipinski definition) is 2. The van der Waals surface area contributed by atoms with Crippen LogP contribution in [0.5, 0.6) is 0 Å². The lowest BCUT2D eigenvalue weighted by Gasteiger charge is -2.40. The summed E-state index contributed by atoms with van der Waals surface area (Å²) in [6.07, 6.45) is 5.29. The van der Waals surface area contributed by atoms with Crippen molar-refractivity contribution in [3.05, 3.63) is 76.5 Å². The van der Waals surface area contributed by atoms with Gasteiger partial charge in [-0.05, 0) is 49.6 Å². The fraction of sp³-hybridized carbons (Fsp3) is 0.308. The Morgan fingerprint density at radius 1 is 1.31 bits per heavy atom. The molecule has 10 heteroatoms. The van der Waals surface area contributed by atoms with Crippen LogP contribution in [0.25, 0.3) is 10.9 Å². The topological polar surface area (TPSA) is 101 Å². The highest BCUT2D eigenvalue weighted by molar-refractivity contribution is 6.35. The highest BCUT2D eigenvalue weighted by atomic mass is 35.5. The van der Waals surface area contributed by atoms with Crippen LogP contribution < -0.4 is 10.6 Å². The fourth-order valence-electron chi connectivity index (χ4n) is 4.29. The second-order valence-corrected chi connectivity index (χ2v) is 9.92. The number of nitrogens with one attached hydrogen (secondary N) is 2. The number of nitrogens with zero attached hydrogens (tertiary/aromatic N) is 5. The Hall–Kier alpha value is -3.74. The number of nitriles is 1. The molecule has 2 fully saturated rings. The van der Waals surface area contributed by atoms with Gasteiger partial charge in [0, 0.05) is 17.3 Å². The van der Waals surface area contributed by atoms with E-state index < -0.39 is 11.8 Å². The zero-order valence-electron chi connectivity index (χ0n) is 20.4. The van der Waals surface area contributed by atoms with Gasteiger partial charge in [0.05, 0.1) is 60.2 Å². The maximum absolute atomic E-state index is 13.8. The smallest absolute Gasteiger partial charge is 0.123 e. The molecule has 4 aromatic rings. The third kappa shape index (κ3) is 4.23. The van der Waals surface area contributed by atoms with Crippen molar-refractivity contribution < 1.29 is 10.5 Å². The number of aromatic nitrogens is 4. The van der Waals surface area contributed by atoms with E-state index in [9.17, 15) is 11.0 Å². The van der Waals surface area contributed by atoms with Crippen LogP contribution in [-0.4, -0.2) is 38.7 Å². The minimum atomic E-state index is -1.60. The third-order valence-corrected chi connectivity index (χ3v) is 6.69. The first kappa shape index (κ1) is 21.5. The Balaban J connectivity index is 1.47. The predicted molar refractivity (Wildman–Crippen MR) is 134 cm³/mol. The normalized spacial score (nSPS) is 18.6. The van der Waals surface area contributed by atoms with E-state index in [2.05, 4.69) is 32.0 Å². The van der Waals surface area contributed by atoms with Gasteiger partial charge >= 0.3 is 0 Å². The molecule has 0 radical (unpaired) electrons. The van der Waals surface area contributed by atoms with Crippen molar-refractivity contribution in [3.63, 3.8) is 0 Å². The molecule has 1 saturated carbocycles. The lowest BCUT2D eigenvalue weighted by Crippen LogP contribution is -2.53. The van der Waals surface area contributed by atoms with Crippen LogP contribution in [0.4, 0.5) is 15.8 Å². The van der Waals surface area contributed by atoms with E-state index in [0.717, 1.165) is 12.8 Å². The van der Waals surface area contributed by atoms with Gasteiger partial charge in [-0.3, -0.25) is 4.98 Å². The molecule has 6 rings (SSSR count). The SMILES string of the molecule is [2H][C@@](Nc1cc(Cl)c2ncc(C#N)c(NC3(C)COC3)c2c1)(c1ccc(F)cc1)c1cn(C2CC2)nn1. The lowest BCUT2D eigenvalue weighted by molar-refractivity contribution is -0.0317. The van der Waals surface area contributed by atoms with Gasteiger partial charge in [0.2, 0.25) is 0 Å². The molecule has 0 amide bonds. The monoisotopic (exact) mass is 504 g/mol. The van der Waals surface area contributed by atoms with Crippen molar-refractivity contribution in [2.24, 2.45) is 0 Å². The summed E-state index contributed by atoms with van der Waals surface area (Å²) in [6.45, 7) is 3.02. The van der Waals surface area contributed by atoms with Crippen LogP contribution in [0, 0.1) is 17.1 Å². The molecule has 2 aromatic carbocycles. The Morgan fingerprint density at radius 2 is 2.08 bits per heavy atom. The summed E-state index contributed by atoms with van der Waals surface area (Å²) in [5, 5.41) is 26.0. The molecule has 0 bridgehead atoms. The number of halogens is 2. The lowest BCUT2D eigenvalue weighted by atomic mass is 9.98. The van der Waals surface area contributed by atoms with Crippen molar-refractivity contribution >= 4 is 33.9 Å². The summed E-state index contributed by atoms with van der Waals surface area (Å²) < 4.78 is 30.4. The molecule has 0 spiro atoms. The molecule has 1 aliphatic carbocycles. The molecule has 36 heavy (non-hydrogen) atoms. The van der Waals surface area contributed by atoms with Crippen LogP contribution >= 0.6 is 11.6 Å². The van der Waals surface area contributed by atoms with Gasteiger partial charge in [-0.25, -0.2) is 9.07 Å². The fourth-order valence-corrected chi connectivity index (χ4v) is 4.56. The quantitative estimate of drug-likeness (QED) is 0.355. The molecule has 3 heterocycles. The number of rotatable bonds is 7. The van der Waals surface area contributed by atoms with Crippen molar-refractivity contribution in [3.8, 4) is 6.07 Å². The van der Waals surface area contributed by atoms with Crippen molar-refractivity contribution in [1.29, 1.82) is 5.26 Å². The zero-order valence-corrected chi connectivity index (χ0v) is 20.2. The molecule has 2 N–H and O–H groups in total. The van der Waals surface area contributed by atoms with Crippen LogP contribution in [0.2, 0.25) is 5.02 Å². The summed E-state index contributed by atoms with van der Waals surface area (Å²) in [7, 11) is 0. The zero-order chi connectivity index (χ0) is 25.8. The number of ether oxygens (including phenoxy) is 1. The average Bonchev–Trinajstić information content (AvgIpc) is 3.59. The summed E-state index contributed by atoms with van der Waals surface area (Å²) in [5.41, 5.74) is 2.52. The molecule has 182 valence electrons. The highest BCUT2D eigenvalue weighted by Gasteiger charge is 2.34. The van der Waals surface area contributed by atoms with E-state index in [4.69, 9.17) is 16.3 Å². The Morgan fingerprint density at radius 3 is 2.75 bits per heavy atom. The Bertz CT molecular complexity index is 1550. The van der Waals surface area contributed by atoms with Gasteiger partial charge in [0.15, 0.2) is 0 Å². The number of fused-ring (bicyclic) bond motifs is 1. The Kier molecular flexibility index (Phi) is 5.22. The van der Waals surface area contributed by atoms with Crippen LogP contribution in [-0.2, 0) is 4.74 Å². The summed E-state index contributed by atoms with van der Waals surface area (Å²) in [5.74, 6) is -0.402. The standard InChI is InChI=1S/C26H23ClFN7O/c1-26(13-36-14-26)32-23-16(10-29)11-30-25-20(23)8-18(9-21(25)27)31-24(15-2-4-17(28)5-3-15)22-12-35(34-33-22)19-6-7-19/h2-5,8-9,11-12,19,24,31H,6-7,13-14H2,1H3,(H,30,32)/t24-/m1/s1/i24D. The number of benzene rings is 2. The minimum absolute atomic E-state index is 0.287. The summed E-state index contributed by atoms with van der Waals surface area (Å²) in [4.78, 5) is 4.41. The summed E-state index contributed by atoms with van der Waals surface area (Å²) in [6, 6.07) is 10.1. The van der Waals surface area contributed by atoms with E-state index >= 15 is 0 Å². The maximum atomic E-state index is 13.8. The van der Waals surface area contributed by atoms with Gasteiger partial charge in [-0.2, -0.15) is 5.26 Å². The summed E-state index contributed by atoms with van der Waals surface area (Å²) >= 11 is 6.66. The first-order valence-electron chi connectivity index (χ1n) is 12.1. The van der Waals surface area contributed by atoms with Gasteiger partial charge in [-0.15, -0.1) is 5.10 Å². The molecular formula is C26H23ClFN7O. The average molecular weight is 505 g/mol. The molecule has 2 aliphatic rings. The first-order valence-corrected chi connectivity index (χ1v) is 12.0. The molecular weight excluding hydrogens is 481 g/mol. The van der Waals surface area contributed by atoms with Crippen molar-refractivity contribution in [1.82, 2.24) is 20.0 Å². The maximum Gasteiger partial charge on any atom is 0.123 e. The van der Waals surface area contributed by atoms with E-state index in [-0.39, 0.29) is 11.6 Å². The molecule has 1 aliphatic heterocycles. The molecule has 8 nitrogen and oxygen atoms in total. The van der Waals surface area contributed by atoms with E-state index in [1.54, 1.807) is 35.1 Å². The molecule has 1 atom stereocenters. The molecule has 2 aromatic heterocycles. The minimum Gasteiger partial charge on any atom is -0.376 e. The second-order valence-electron chi connectivity index (χ2n) is 9.51. The second kappa shape index (κ2) is 8.73. The van der Waals surface area contributed by atoms with E-state index in [0.29, 0.717) is 57.3 Å². The molecule has 1 saturated heterocycles.